The number of aliphatic hydroxyl groups is 1. The maximum absolute atomic E-state index is 12.9. The molecule has 1 aromatic carbocycles. The van der Waals surface area contributed by atoms with Crippen LogP contribution < -0.4 is 4.90 Å². The molecular formula is C19H13ClN2O5. The van der Waals surface area contributed by atoms with E-state index in [9.17, 15) is 14.7 Å². The van der Waals surface area contributed by atoms with Crippen LogP contribution in [0.25, 0.3) is 0 Å². The van der Waals surface area contributed by atoms with E-state index in [1.165, 1.54) is 17.2 Å². The molecular weight excluding hydrogens is 372 g/mol. The number of carbonyl (C=O) groups excluding carboxylic acids is 2. The van der Waals surface area contributed by atoms with Gasteiger partial charge in [-0.1, -0.05) is 28.9 Å². The number of Topliss-reactive ketones (excluding diaryl/α,β-unsaturated/α-hetero) is 1. The number of halogens is 1. The van der Waals surface area contributed by atoms with Gasteiger partial charge in [0.2, 0.25) is 5.78 Å². The van der Waals surface area contributed by atoms with Gasteiger partial charge >= 0.3 is 0 Å². The zero-order valence-electron chi connectivity index (χ0n) is 14.0. The number of aliphatic hydroxyl groups excluding tert-OH is 1. The number of carbonyl (C=O) groups is 2. The summed E-state index contributed by atoms with van der Waals surface area (Å²) >= 11 is 5.96. The molecule has 136 valence electrons. The summed E-state index contributed by atoms with van der Waals surface area (Å²) in [6.07, 6.45) is 1.34. The van der Waals surface area contributed by atoms with Crippen molar-refractivity contribution in [3.8, 4) is 0 Å². The molecule has 8 heteroatoms. The lowest BCUT2D eigenvalue weighted by molar-refractivity contribution is -0.117. The SMILES string of the molecule is Cc1cc(N2C(=O)C(O)=C(C(=O)c3ccco3)[C@@H]2c2ccc(Cl)cc2)no1. The molecule has 0 radical (unpaired) electrons. The molecule has 0 fully saturated rings. The van der Waals surface area contributed by atoms with Gasteiger partial charge in [-0.15, -0.1) is 0 Å². The quantitative estimate of drug-likeness (QED) is 0.682. The Morgan fingerprint density at radius 1 is 1.26 bits per heavy atom. The molecule has 0 unspecified atom stereocenters. The van der Waals surface area contributed by atoms with Crippen molar-refractivity contribution in [2.45, 2.75) is 13.0 Å². The molecule has 27 heavy (non-hydrogen) atoms. The van der Waals surface area contributed by atoms with Gasteiger partial charge in [0, 0.05) is 11.1 Å². The summed E-state index contributed by atoms with van der Waals surface area (Å²) in [4.78, 5) is 26.9. The summed E-state index contributed by atoms with van der Waals surface area (Å²) in [7, 11) is 0. The zero-order chi connectivity index (χ0) is 19.1. The highest BCUT2D eigenvalue weighted by Gasteiger charge is 2.46. The first-order valence-corrected chi connectivity index (χ1v) is 8.39. The fourth-order valence-electron chi connectivity index (χ4n) is 3.04. The van der Waals surface area contributed by atoms with Gasteiger partial charge in [0.1, 0.15) is 5.76 Å². The van der Waals surface area contributed by atoms with E-state index >= 15 is 0 Å². The van der Waals surface area contributed by atoms with Crippen LogP contribution in [0.15, 0.2) is 69.0 Å². The first kappa shape index (κ1) is 17.1. The monoisotopic (exact) mass is 384 g/mol. The van der Waals surface area contributed by atoms with E-state index in [4.69, 9.17) is 20.5 Å². The largest absolute Gasteiger partial charge is 0.503 e. The number of anilines is 1. The van der Waals surface area contributed by atoms with Crippen molar-refractivity contribution >= 4 is 29.1 Å². The van der Waals surface area contributed by atoms with E-state index in [1.807, 2.05) is 0 Å². The Bertz CT molecular complexity index is 1050. The highest BCUT2D eigenvalue weighted by molar-refractivity contribution is 6.30. The molecule has 0 aliphatic carbocycles. The van der Waals surface area contributed by atoms with Crippen molar-refractivity contribution in [1.82, 2.24) is 5.16 Å². The lowest BCUT2D eigenvalue weighted by Crippen LogP contribution is -2.31. The predicted octanol–water partition coefficient (Wildman–Crippen LogP) is 4.01. The van der Waals surface area contributed by atoms with Crippen LogP contribution in [0, 0.1) is 6.92 Å². The number of aromatic nitrogens is 1. The van der Waals surface area contributed by atoms with Gasteiger partial charge in [0.25, 0.3) is 5.91 Å². The number of ketones is 1. The molecule has 0 bridgehead atoms. The third-order valence-corrected chi connectivity index (χ3v) is 4.50. The molecule has 0 spiro atoms. The van der Waals surface area contributed by atoms with Gasteiger partial charge in [0.15, 0.2) is 17.3 Å². The van der Waals surface area contributed by atoms with Crippen molar-refractivity contribution in [3.63, 3.8) is 0 Å². The van der Waals surface area contributed by atoms with Crippen LogP contribution in [0.3, 0.4) is 0 Å². The van der Waals surface area contributed by atoms with Crippen molar-refractivity contribution in [1.29, 1.82) is 0 Å². The zero-order valence-corrected chi connectivity index (χ0v) is 14.8. The Labute approximate surface area is 158 Å². The minimum absolute atomic E-state index is 0.0153. The first-order chi connectivity index (χ1) is 13.0. The number of hydrogen-bond donors (Lipinski definition) is 1. The molecule has 3 aromatic rings. The Hall–Kier alpha value is -3.32. The molecule has 7 nitrogen and oxygen atoms in total. The minimum Gasteiger partial charge on any atom is -0.503 e. The smallest absolute Gasteiger partial charge is 0.295 e. The summed E-state index contributed by atoms with van der Waals surface area (Å²) < 4.78 is 10.2. The van der Waals surface area contributed by atoms with Gasteiger partial charge in [-0.3, -0.25) is 14.5 Å². The summed E-state index contributed by atoms with van der Waals surface area (Å²) in [5, 5.41) is 14.9. The van der Waals surface area contributed by atoms with Crippen LogP contribution in [0.5, 0.6) is 0 Å². The summed E-state index contributed by atoms with van der Waals surface area (Å²) in [5.74, 6) is -1.31. The van der Waals surface area contributed by atoms with Crippen LogP contribution >= 0.6 is 11.6 Å². The molecule has 0 saturated heterocycles. The fraction of sp³-hybridized carbons (Fsp3) is 0.105. The number of rotatable bonds is 4. The van der Waals surface area contributed by atoms with Crippen molar-refractivity contribution < 1.29 is 23.6 Å². The molecule has 4 rings (SSSR count). The first-order valence-electron chi connectivity index (χ1n) is 8.01. The maximum Gasteiger partial charge on any atom is 0.295 e. The van der Waals surface area contributed by atoms with Crippen LogP contribution in [-0.2, 0) is 4.79 Å². The van der Waals surface area contributed by atoms with Crippen LogP contribution in [0.1, 0.15) is 27.9 Å². The lowest BCUT2D eigenvalue weighted by atomic mass is 9.95. The Kier molecular flexibility index (Phi) is 4.08. The van der Waals surface area contributed by atoms with Crippen molar-refractivity contribution in [2.75, 3.05) is 4.90 Å². The standard InChI is InChI=1S/C19H13ClN2O5/c1-10-9-14(21-27-10)22-16(11-4-6-12(20)7-5-11)15(18(24)19(22)25)17(23)13-3-2-8-26-13/h2-9,16,24H,1H3/t16-/m0/s1. The third-order valence-electron chi connectivity index (χ3n) is 4.25. The van der Waals surface area contributed by atoms with E-state index in [0.29, 0.717) is 16.3 Å². The average molecular weight is 385 g/mol. The van der Waals surface area contributed by atoms with E-state index < -0.39 is 23.5 Å². The number of hydrogen-bond acceptors (Lipinski definition) is 6. The Balaban J connectivity index is 1.88. The van der Waals surface area contributed by atoms with Crippen LogP contribution in [-0.4, -0.2) is 22.0 Å². The molecule has 1 N–H and O–H groups in total. The van der Waals surface area contributed by atoms with Crippen molar-refractivity contribution in [3.05, 3.63) is 82.2 Å². The number of aryl methyl sites for hydroxylation is 1. The fourth-order valence-corrected chi connectivity index (χ4v) is 3.17. The second-order valence-corrected chi connectivity index (χ2v) is 6.43. The summed E-state index contributed by atoms with van der Waals surface area (Å²) in [6.45, 7) is 1.68. The number of benzene rings is 1. The number of amides is 1. The van der Waals surface area contributed by atoms with Gasteiger partial charge in [-0.2, -0.15) is 0 Å². The second-order valence-electron chi connectivity index (χ2n) is 5.99. The topological polar surface area (TPSA) is 96.8 Å². The second kappa shape index (κ2) is 6.44. The summed E-state index contributed by atoms with van der Waals surface area (Å²) in [5.41, 5.74) is 0.477. The van der Waals surface area contributed by atoms with E-state index in [-0.39, 0.29) is 17.2 Å². The molecule has 1 aliphatic rings. The maximum atomic E-state index is 12.9. The van der Waals surface area contributed by atoms with Crippen LogP contribution in [0.4, 0.5) is 5.82 Å². The average Bonchev–Trinajstić information content (AvgIpc) is 3.37. The molecule has 3 heterocycles. The highest BCUT2D eigenvalue weighted by Crippen LogP contribution is 2.41. The van der Waals surface area contributed by atoms with Gasteiger partial charge in [-0.05, 0) is 36.8 Å². The van der Waals surface area contributed by atoms with Gasteiger partial charge < -0.3 is 14.0 Å². The molecule has 1 amide bonds. The third kappa shape index (κ3) is 2.82. The minimum atomic E-state index is -0.906. The predicted molar refractivity (Wildman–Crippen MR) is 95.6 cm³/mol. The summed E-state index contributed by atoms with van der Waals surface area (Å²) in [6, 6.07) is 10.3. The van der Waals surface area contributed by atoms with E-state index in [2.05, 4.69) is 5.16 Å². The normalized spacial score (nSPS) is 17.0. The Morgan fingerprint density at radius 2 is 2.00 bits per heavy atom. The lowest BCUT2D eigenvalue weighted by Gasteiger charge is -2.24. The Morgan fingerprint density at radius 3 is 2.59 bits per heavy atom. The van der Waals surface area contributed by atoms with E-state index in [0.717, 1.165) is 0 Å². The molecule has 1 aliphatic heterocycles. The van der Waals surface area contributed by atoms with Gasteiger partial charge in [-0.25, -0.2) is 0 Å². The van der Waals surface area contributed by atoms with E-state index in [1.54, 1.807) is 43.3 Å². The molecule has 2 aromatic heterocycles. The number of furan rings is 1. The van der Waals surface area contributed by atoms with Gasteiger partial charge in [0.05, 0.1) is 17.9 Å². The van der Waals surface area contributed by atoms with Crippen molar-refractivity contribution in [2.24, 2.45) is 0 Å². The number of nitrogens with zero attached hydrogens (tertiary/aromatic N) is 2. The highest BCUT2D eigenvalue weighted by atomic mass is 35.5. The molecule has 0 saturated carbocycles. The van der Waals surface area contributed by atoms with Crippen LogP contribution in [0.2, 0.25) is 5.02 Å². The molecule has 1 atom stereocenters.